The number of thioether (sulfide) groups is 1. The topological polar surface area (TPSA) is 186 Å². The fourth-order valence-electron chi connectivity index (χ4n) is 2.81. The number of amides is 1. The summed E-state index contributed by atoms with van der Waals surface area (Å²) in [5.41, 5.74) is 9.23. The van der Waals surface area contributed by atoms with Crippen molar-refractivity contribution in [2.24, 2.45) is 12.1 Å². The van der Waals surface area contributed by atoms with Gasteiger partial charge < -0.3 is 19.8 Å². The number of rotatable bonds is 9. The van der Waals surface area contributed by atoms with Crippen molar-refractivity contribution in [1.29, 1.82) is 0 Å². The number of aryl methyl sites for hydroxylation is 1. The SMILES string of the molecule is COc1ccc(OC)c(C=NNC(=O)c2nnn(-c3nonc3N)c2CSc2nncn2C)c1. The third kappa shape index (κ3) is 4.65. The number of hydrogen-bond acceptors (Lipinski definition) is 13. The zero-order chi connectivity index (χ0) is 24.1. The van der Waals surface area contributed by atoms with E-state index in [4.69, 9.17) is 15.2 Å². The van der Waals surface area contributed by atoms with Crippen LogP contribution in [0.3, 0.4) is 0 Å². The van der Waals surface area contributed by atoms with Crippen LogP contribution in [-0.4, -0.2) is 66.4 Å². The Morgan fingerprint density at radius 2 is 2.15 bits per heavy atom. The lowest BCUT2D eigenvalue weighted by Gasteiger charge is -2.07. The fourth-order valence-corrected chi connectivity index (χ4v) is 3.69. The number of carbonyl (C=O) groups excluding carboxylic acids is 1. The van der Waals surface area contributed by atoms with Crippen LogP contribution in [0.2, 0.25) is 0 Å². The second-order valence-corrected chi connectivity index (χ2v) is 7.53. The van der Waals surface area contributed by atoms with Gasteiger partial charge in [0.25, 0.3) is 5.91 Å². The number of methoxy groups -OCH3 is 2. The largest absolute Gasteiger partial charge is 0.497 e. The van der Waals surface area contributed by atoms with E-state index in [0.29, 0.717) is 27.9 Å². The summed E-state index contributed by atoms with van der Waals surface area (Å²) in [6.45, 7) is 0. The number of nitrogens with two attached hydrogens (primary N) is 1. The fraction of sp³-hybridized carbons (Fsp3) is 0.222. The monoisotopic (exact) mass is 485 g/mol. The standard InChI is InChI=1S/C18H19N11O4S/c1-28-9-21-24-18(28)34-8-12-14(22-27-29(12)16-15(19)25-33-26-16)17(30)23-20-7-10-6-11(31-2)4-5-13(10)32-3/h4-7,9H,8H2,1-3H3,(H2,19,25)(H,23,30). The molecular weight excluding hydrogens is 466 g/mol. The van der Waals surface area contributed by atoms with Gasteiger partial charge in [0.2, 0.25) is 11.6 Å². The second-order valence-electron chi connectivity index (χ2n) is 6.59. The van der Waals surface area contributed by atoms with Crippen molar-refractivity contribution >= 4 is 29.7 Å². The Bertz CT molecular complexity index is 1330. The smallest absolute Gasteiger partial charge is 0.293 e. The van der Waals surface area contributed by atoms with E-state index in [1.54, 1.807) is 43.3 Å². The third-order valence-electron chi connectivity index (χ3n) is 4.49. The molecule has 0 atom stereocenters. The minimum absolute atomic E-state index is 0.00632. The number of carbonyl (C=O) groups is 1. The summed E-state index contributed by atoms with van der Waals surface area (Å²) in [6, 6.07) is 5.19. The highest BCUT2D eigenvalue weighted by Crippen LogP contribution is 2.25. The maximum atomic E-state index is 12.9. The van der Waals surface area contributed by atoms with Crippen LogP contribution in [0.15, 0.2) is 39.4 Å². The van der Waals surface area contributed by atoms with Gasteiger partial charge in [-0.25, -0.2) is 10.1 Å². The highest BCUT2D eigenvalue weighted by molar-refractivity contribution is 7.98. The average Bonchev–Trinajstić information content (AvgIpc) is 3.56. The van der Waals surface area contributed by atoms with Gasteiger partial charge >= 0.3 is 0 Å². The zero-order valence-corrected chi connectivity index (χ0v) is 19.1. The van der Waals surface area contributed by atoms with Crippen molar-refractivity contribution in [2.75, 3.05) is 20.0 Å². The Hall–Kier alpha value is -4.47. The first-order valence-corrected chi connectivity index (χ1v) is 10.6. The summed E-state index contributed by atoms with van der Waals surface area (Å²) in [5, 5.41) is 27.8. The first-order valence-electron chi connectivity index (χ1n) is 9.57. The second kappa shape index (κ2) is 9.99. The Balaban J connectivity index is 1.59. The molecule has 0 bridgehead atoms. The molecular formula is C18H19N11O4S. The Morgan fingerprint density at radius 1 is 1.29 bits per heavy atom. The quantitative estimate of drug-likeness (QED) is 0.189. The average molecular weight is 485 g/mol. The molecule has 4 rings (SSSR count). The summed E-state index contributed by atoms with van der Waals surface area (Å²) >= 11 is 1.31. The number of ether oxygens (including phenoxy) is 2. The number of anilines is 1. The van der Waals surface area contributed by atoms with Crippen molar-refractivity contribution in [3.8, 4) is 17.3 Å². The van der Waals surface area contributed by atoms with Gasteiger partial charge in [-0.2, -0.15) is 9.78 Å². The third-order valence-corrected chi connectivity index (χ3v) is 5.53. The van der Waals surface area contributed by atoms with Gasteiger partial charge in [-0.3, -0.25) is 4.79 Å². The molecule has 4 aromatic rings. The van der Waals surface area contributed by atoms with Crippen LogP contribution in [0.5, 0.6) is 11.5 Å². The lowest BCUT2D eigenvalue weighted by molar-refractivity contribution is 0.0949. The molecule has 3 aromatic heterocycles. The molecule has 16 heteroatoms. The van der Waals surface area contributed by atoms with Gasteiger partial charge in [0.15, 0.2) is 10.9 Å². The number of aromatic nitrogens is 8. The molecule has 0 saturated carbocycles. The molecule has 34 heavy (non-hydrogen) atoms. The number of hydrazone groups is 1. The van der Waals surface area contributed by atoms with Gasteiger partial charge in [-0.15, -0.1) is 15.3 Å². The van der Waals surface area contributed by atoms with Crippen LogP contribution >= 0.6 is 11.8 Å². The summed E-state index contributed by atoms with van der Waals surface area (Å²) in [6.07, 6.45) is 2.99. The number of nitrogens with zero attached hydrogens (tertiary/aromatic N) is 9. The predicted octanol–water partition coefficient (Wildman–Crippen LogP) is 0.434. The summed E-state index contributed by atoms with van der Waals surface area (Å²) in [4.78, 5) is 12.9. The molecule has 3 N–H and O–H groups in total. The van der Waals surface area contributed by atoms with Crippen molar-refractivity contribution in [3.63, 3.8) is 0 Å². The van der Waals surface area contributed by atoms with Gasteiger partial charge in [0, 0.05) is 18.4 Å². The predicted molar refractivity (Wildman–Crippen MR) is 119 cm³/mol. The molecule has 0 unspecified atom stereocenters. The van der Waals surface area contributed by atoms with Crippen LogP contribution < -0.4 is 20.6 Å². The van der Waals surface area contributed by atoms with E-state index in [9.17, 15) is 4.79 Å². The molecule has 0 fully saturated rings. The Morgan fingerprint density at radius 3 is 2.82 bits per heavy atom. The van der Waals surface area contributed by atoms with Crippen LogP contribution in [-0.2, 0) is 12.8 Å². The lowest BCUT2D eigenvalue weighted by atomic mass is 10.2. The Labute approximate surface area is 196 Å². The first kappa shape index (κ1) is 22.7. The van der Waals surface area contributed by atoms with E-state index in [1.165, 1.54) is 29.8 Å². The summed E-state index contributed by atoms with van der Waals surface area (Å²) in [5.74, 6) is 0.891. The van der Waals surface area contributed by atoms with Gasteiger partial charge in [0.05, 0.1) is 26.1 Å². The van der Waals surface area contributed by atoms with Crippen molar-refractivity contribution in [3.05, 3.63) is 41.5 Å². The van der Waals surface area contributed by atoms with E-state index in [0.717, 1.165) is 0 Å². The number of nitrogens with one attached hydrogen (secondary N) is 1. The molecule has 176 valence electrons. The zero-order valence-electron chi connectivity index (χ0n) is 18.2. The molecule has 0 aliphatic rings. The number of benzene rings is 1. The first-order chi connectivity index (χ1) is 16.5. The van der Waals surface area contributed by atoms with Crippen LogP contribution in [0.25, 0.3) is 5.82 Å². The molecule has 1 amide bonds. The van der Waals surface area contributed by atoms with Gasteiger partial charge in [-0.1, -0.05) is 17.0 Å². The Kier molecular flexibility index (Phi) is 6.67. The van der Waals surface area contributed by atoms with Crippen LogP contribution in [0.4, 0.5) is 5.82 Å². The lowest BCUT2D eigenvalue weighted by Crippen LogP contribution is -2.20. The van der Waals surface area contributed by atoms with Gasteiger partial charge in [0.1, 0.15) is 17.8 Å². The van der Waals surface area contributed by atoms with Crippen molar-refractivity contribution in [2.45, 2.75) is 10.9 Å². The molecule has 0 radical (unpaired) electrons. The minimum atomic E-state index is -0.604. The molecule has 0 spiro atoms. The van der Waals surface area contributed by atoms with E-state index in [2.05, 4.69) is 46.0 Å². The van der Waals surface area contributed by atoms with Gasteiger partial charge in [-0.05, 0) is 28.5 Å². The minimum Gasteiger partial charge on any atom is -0.497 e. The maximum Gasteiger partial charge on any atom is 0.293 e. The molecule has 0 saturated heterocycles. The van der Waals surface area contributed by atoms with Crippen molar-refractivity contribution in [1.82, 2.24) is 45.5 Å². The van der Waals surface area contributed by atoms with E-state index < -0.39 is 5.91 Å². The molecule has 15 nitrogen and oxygen atoms in total. The van der Waals surface area contributed by atoms with E-state index in [1.807, 2.05) is 0 Å². The highest BCUT2D eigenvalue weighted by Gasteiger charge is 2.24. The number of hydrogen-bond donors (Lipinski definition) is 2. The molecule has 1 aromatic carbocycles. The molecule has 0 aliphatic carbocycles. The number of nitrogen functional groups attached to an aromatic ring is 1. The molecule has 3 heterocycles. The highest BCUT2D eigenvalue weighted by atomic mass is 32.2. The molecule has 0 aliphatic heterocycles. The normalized spacial score (nSPS) is 11.1. The van der Waals surface area contributed by atoms with Crippen LogP contribution in [0, 0.1) is 0 Å². The van der Waals surface area contributed by atoms with Crippen LogP contribution in [0.1, 0.15) is 21.7 Å². The van der Waals surface area contributed by atoms with E-state index in [-0.39, 0.29) is 23.1 Å². The van der Waals surface area contributed by atoms with E-state index >= 15 is 0 Å². The maximum absolute atomic E-state index is 12.9. The summed E-state index contributed by atoms with van der Waals surface area (Å²) in [7, 11) is 4.87. The van der Waals surface area contributed by atoms with Crippen molar-refractivity contribution < 1.29 is 18.9 Å². The summed E-state index contributed by atoms with van der Waals surface area (Å²) < 4.78 is 18.2.